The topological polar surface area (TPSA) is 94.7 Å². The normalized spacial score (nSPS) is 21.0. The van der Waals surface area contributed by atoms with E-state index in [1.165, 1.54) is 0 Å². The molecule has 2 atom stereocenters. The molecule has 0 aliphatic carbocycles. The maximum absolute atomic E-state index is 12.8. The van der Waals surface area contributed by atoms with Crippen LogP contribution < -0.4 is 4.90 Å². The molecular formula is C21H34N6O3. The number of methoxy groups -OCH3 is 1. The third-order valence-corrected chi connectivity index (χ3v) is 5.79. The lowest BCUT2D eigenvalue weighted by molar-refractivity contribution is -0.136. The number of aromatic nitrogens is 3. The largest absolute Gasteiger partial charge is 0.385 e. The number of anilines is 1. The number of likely N-dealkylation sites (tertiary alicyclic amines) is 1. The van der Waals surface area contributed by atoms with Gasteiger partial charge in [0, 0.05) is 40.1 Å². The zero-order chi connectivity index (χ0) is 22.1. The number of aromatic amines is 1. The van der Waals surface area contributed by atoms with Crippen molar-refractivity contribution in [3.05, 3.63) is 18.6 Å². The molecule has 0 aromatic carbocycles. The molecule has 9 heteroatoms. The minimum Gasteiger partial charge on any atom is -0.385 e. The number of fused-ring (bicyclic) bond motifs is 1. The summed E-state index contributed by atoms with van der Waals surface area (Å²) in [6, 6.07) is 2.32. The number of ether oxygens (including phenoxy) is 1. The Bertz CT molecular complexity index is 796. The van der Waals surface area contributed by atoms with Gasteiger partial charge in [0.25, 0.3) is 0 Å². The van der Waals surface area contributed by atoms with Gasteiger partial charge in [0.05, 0.1) is 17.5 Å². The summed E-state index contributed by atoms with van der Waals surface area (Å²) in [5.74, 6) is 1.22. The second-order valence-corrected chi connectivity index (χ2v) is 7.49. The predicted octanol–water partition coefficient (Wildman–Crippen LogP) is 1.56. The van der Waals surface area contributed by atoms with Crippen LogP contribution in [-0.4, -0.2) is 97.0 Å². The number of hydrogen-bond acceptors (Lipinski definition) is 7. The fourth-order valence-corrected chi connectivity index (χ4v) is 4.00. The highest BCUT2D eigenvalue weighted by Crippen LogP contribution is 2.27. The fourth-order valence-electron chi connectivity index (χ4n) is 4.00. The van der Waals surface area contributed by atoms with E-state index in [0.717, 1.165) is 62.4 Å². The van der Waals surface area contributed by atoms with Gasteiger partial charge in [-0.15, -0.1) is 0 Å². The smallest absolute Gasteiger partial charge is 0.239 e. The van der Waals surface area contributed by atoms with Gasteiger partial charge in [-0.25, -0.2) is 9.97 Å². The summed E-state index contributed by atoms with van der Waals surface area (Å²) in [7, 11) is 5.68. The van der Waals surface area contributed by atoms with Crippen molar-refractivity contribution >= 4 is 29.5 Å². The molecule has 2 aromatic rings. The molecule has 2 aliphatic rings. The molecule has 0 bridgehead atoms. The molecule has 4 rings (SSSR count). The van der Waals surface area contributed by atoms with E-state index in [2.05, 4.69) is 29.5 Å². The minimum absolute atomic E-state index is 0.0551. The molecule has 2 aliphatic heterocycles. The first-order valence-electron chi connectivity index (χ1n) is 10.3. The number of amides is 1. The number of rotatable bonds is 4. The van der Waals surface area contributed by atoms with Crippen molar-refractivity contribution in [2.45, 2.75) is 38.3 Å². The fraction of sp³-hybridized carbons (Fsp3) is 0.619. The van der Waals surface area contributed by atoms with Gasteiger partial charge in [0.2, 0.25) is 5.91 Å². The van der Waals surface area contributed by atoms with E-state index >= 15 is 0 Å². The molecule has 1 amide bonds. The van der Waals surface area contributed by atoms with Crippen LogP contribution in [0.15, 0.2) is 18.6 Å². The molecule has 4 heterocycles. The molecule has 1 N–H and O–H groups in total. The first-order valence-corrected chi connectivity index (χ1v) is 10.3. The second kappa shape index (κ2) is 11.6. The molecule has 9 nitrogen and oxygen atoms in total. The summed E-state index contributed by atoms with van der Waals surface area (Å²) in [4.78, 5) is 39.1. The van der Waals surface area contributed by atoms with Crippen molar-refractivity contribution < 1.29 is 14.3 Å². The maximum atomic E-state index is 12.8. The molecule has 30 heavy (non-hydrogen) atoms. The first-order chi connectivity index (χ1) is 14.6. The number of carbonyl (C=O) groups excluding carboxylic acids is 2. The highest BCUT2D eigenvalue weighted by Gasteiger charge is 2.35. The molecule has 0 spiro atoms. The lowest BCUT2D eigenvalue weighted by Crippen LogP contribution is -2.47. The number of hydrogen-bond donors (Lipinski definition) is 1. The van der Waals surface area contributed by atoms with Crippen LogP contribution in [0.25, 0.3) is 11.0 Å². The molecule has 2 unspecified atom stereocenters. The first kappa shape index (κ1) is 23.8. The summed E-state index contributed by atoms with van der Waals surface area (Å²) in [5, 5.41) is 1.04. The van der Waals surface area contributed by atoms with Crippen LogP contribution in [0, 0.1) is 0 Å². The number of likely N-dealkylation sites (N-methyl/N-ethyl adjacent to an activating group) is 2. The summed E-state index contributed by atoms with van der Waals surface area (Å²) in [5.41, 5.74) is 0.862. The average molecular weight is 419 g/mol. The van der Waals surface area contributed by atoms with Crippen molar-refractivity contribution in [1.82, 2.24) is 24.8 Å². The van der Waals surface area contributed by atoms with E-state index in [1.807, 2.05) is 45.0 Å². The number of H-pyrrole nitrogens is 1. The summed E-state index contributed by atoms with van der Waals surface area (Å²) < 4.78 is 4.54. The van der Waals surface area contributed by atoms with Crippen molar-refractivity contribution in [3.63, 3.8) is 0 Å². The standard InChI is InChI=1S/C17H24N6O.C3H8O.CH2O/c1-21-8-3-4-14(21)17(24)22(2)12-6-9-23(10-12)16-13-5-7-18-15(13)19-11-20-16;1-3-4-2;1-2/h5,7,11-12,14H,3-4,6,8-10H2,1-2H3,(H,18,19,20);3H2,1-2H3;1H2. The van der Waals surface area contributed by atoms with Crippen LogP contribution in [-0.2, 0) is 14.3 Å². The van der Waals surface area contributed by atoms with E-state index in [-0.39, 0.29) is 18.0 Å². The molecular weight excluding hydrogens is 384 g/mol. The summed E-state index contributed by atoms with van der Waals surface area (Å²) >= 11 is 0. The van der Waals surface area contributed by atoms with Crippen molar-refractivity contribution in [3.8, 4) is 0 Å². The monoisotopic (exact) mass is 418 g/mol. The Morgan fingerprint density at radius 3 is 2.70 bits per heavy atom. The van der Waals surface area contributed by atoms with Crippen molar-refractivity contribution in [2.75, 3.05) is 52.3 Å². The number of nitrogens with zero attached hydrogens (tertiary/aromatic N) is 5. The maximum Gasteiger partial charge on any atom is 0.239 e. The molecule has 166 valence electrons. The predicted molar refractivity (Wildman–Crippen MR) is 118 cm³/mol. The zero-order valence-electron chi connectivity index (χ0n) is 18.5. The average Bonchev–Trinajstić information content (AvgIpc) is 3.54. The molecule has 0 radical (unpaired) electrons. The second-order valence-electron chi connectivity index (χ2n) is 7.49. The minimum atomic E-state index is 0.0551. The van der Waals surface area contributed by atoms with Gasteiger partial charge in [0.1, 0.15) is 24.6 Å². The zero-order valence-corrected chi connectivity index (χ0v) is 18.5. The van der Waals surface area contributed by atoms with Gasteiger partial charge in [-0.2, -0.15) is 0 Å². The summed E-state index contributed by atoms with van der Waals surface area (Å²) in [6.07, 6.45) is 6.57. The van der Waals surface area contributed by atoms with Crippen LogP contribution in [0.4, 0.5) is 5.82 Å². The van der Waals surface area contributed by atoms with Crippen LogP contribution in [0.3, 0.4) is 0 Å². The van der Waals surface area contributed by atoms with Crippen LogP contribution in [0.5, 0.6) is 0 Å². The Hall–Kier alpha value is -2.52. The Morgan fingerprint density at radius 2 is 2.07 bits per heavy atom. The third kappa shape index (κ3) is 5.34. The van der Waals surface area contributed by atoms with Gasteiger partial charge in [-0.05, 0) is 45.8 Å². The Morgan fingerprint density at radius 1 is 1.33 bits per heavy atom. The SMILES string of the molecule is C=O.CCOC.CN1CCCC1C(=O)N(C)C1CCN(c2ncnc3[nH]ccc23)C1. The Balaban J connectivity index is 0.000000481. The third-order valence-electron chi connectivity index (χ3n) is 5.79. The van der Waals surface area contributed by atoms with E-state index in [1.54, 1.807) is 13.4 Å². The van der Waals surface area contributed by atoms with E-state index in [9.17, 15) is 4.79 Å². The van der Waals surface area contributed by atoms with Gasteiger partial charge < -0.3 is 24.3 Å². The van der Waals surface area contributed by atoms with E-state index in [4.69, 9.17) is 4.79 Å². The van der Waals surface area contributed by atoms with Gasteiger partial charge >= 0.3 is 0 Å². The van der Waals surface area contributed by atoms with Gasteiger partial charge in [-0.1, -0.05) is 0 Å². The molecule has 0 saturated carbocycles. The summed E-state index contributed by atoms with van der Waals surface area (Å²) in [6.45, 7) is 7.55. The lowest BCUT2D eigenvalue weighted by Gasteiger charge is -2.30. The van der Waals surface area contributed by atoms with E-state index in [0.29, 0.717) is 0 Å². The number of carbonyl (C=O) groups is 2. The molecule has 2 fully saturated rings. The van der Waals surface area contributed by atoms with Gasteiger partial charge in [-0.3, -0.25) is 9.69 Å². The lowest BCUT2D eigenvalue weighted by atomic mass is 10.1. The van der Waals surface area contributed by atoms with Crippen LogP contribution in [0.1, 0.15) is 26.2 Å². The molecule has 2 aromatic heterocycles. The highest BCUT2D eigenvalue weighted by molar-refractivity contribution is 5.87. The van der Waals surface area contributed by atoms with Gasteiger partial charge in [0.15, 0.2) is 0 Å². The van der Waals surface area contributed by atoms with Crippen LogP contribution in [0.2, 0.25) is 0 Å². The van der Waals surface area contributed by atoms with Crippen molar-refractivity contribution in [1.29, 1.82) is 0 Å². The Labute approximate surface area is 178 Å². The quantitative estimate of drug-likeness (QED) is 0.805. The van der Waals surface area contributed by atoms with Crippen molar-refractivity contribution in [2.24, 2.45) is 0 Å². The van der Waals surface area contributed by atoms with Crippen LogP contribution >= 0.6 is 0 Å². The number of nitrogens with one attached hydrogen (secondary N) is 1. The molecule has 2 saturated heterocycles. The highest BCUT2D eigenvalue weighted by atomic mass is 16.5. The Kier molecular flexibility index (Phi) is 9.19. The van der Waals surface area contributed by atoms with E-state index < -0.39 is 0 Å².